The molecule has 0 aliphatic rings. The standard InChI is InChI=1S/C16H11FINO2S/c17-14-10-12(18)8-9-15(14)19-22(20,21)16-7-3-5-11-4-1-2-6-13(11)16/h1-10,19H. The van der Waals surface area contributed by atoms with Crippen LogP contribution in [-0.2, 0) is 10.0 Å². The molecule has 6 heteroatoms. The molecule has 0 unspecified atom stereocenters. The first-order valence-corrected chi connectivity index (χ1v) is 8.99. The Labute approximate surface area is 141 Å². The quantitative estimate of drug-likeness (QED) is 0.631. The first kappa shape index (κ1) is 15.2. The summed E-state index contributed by atoms with van der Waals surface area (Å²) in [5.41, 5.74) is -0.0617. The van der Waals surface area contributed by atoms with Gasteiger partial charge in [-0.3, -0.25) is 4.72 Å². The smallest absolute Gasteiger partial charge is 0.262 e. The summed E-state index contributed by atoms with van der Waals surface area (Å²) in [5.74, 6) is -0.601. The predicted octanol–water partition coefficient (Wildman–Crippen LogP) is 4.38. The van der Waals surface area contributed by atoms with Crippen molar-refractivity contribution in [2.75, 3.05) is 4.72 Å². The zero-order valence-electron chi connectivity index (χ0n) is 11.3. The Bertz CT molecular complexity index is 952. The van der Waals surface area contributed by atoms with Crippen LogP contribution in [0, 0.1) is 9.39 Å². The number of fused-ring (bicyclic) bond motifs is 1. The Balaban J connectivity index is 2.09. The van der Waals surface area contributed by atoms with Gasteiger partial charge in [-0.25, -0.2) is 12.8 Å². The number of rotatable bonds is 3. The van der Waals surface area contributed by atoms with Crippen LogP contribution in [-0.4, -0.2) is 8.42 Å². The van der Waals surface area contributed by atoms with Crippen molar-refractivity contribution in [3.63, 3.8) is 0 Å². The molecule has 0 bridgehead atoms. The van der Waals surface area contributed by atoms with Crippen LogP contribution in [0.5, 0.6) is 0 Å². The van der Waals surface area contributed by atoms with E-state index in [1.807, 2.05) is 40.8 Å². The summed E-state index contributed by atoms with van der Waals surface area (Å²) in [4.78, 5) is 0.128. The number of anilines is 1. The molecular weight excluding hydrogens is 416 g/mol. The van der Waals surface area contributed by atoms with Gasteiger partial charge in [-0.05, 0) is 52.2 Å². The molecule has 0 amide bonds. The van der Waals surface area contributed by atoms with Crippen LogP contribution < -0.4 is 4.72 Å². The van der Waals surface area contributed by atoms with Crippen molar-refractivity contribution < 1.29 is 12.8 Å². The molecule has 0 saturated heterocycles. The molecule has 22 heavy (non-hydrogen) atoms. The molecule has 3 aromatic rings. The molecule has 1 N–H and O–H groups in total. The topological polar surface area (TPSA) is 46.2 Å². The maximum absolute atomic E-state index is 13.9. The zero-order chi connectivity index (χ0) is 15.7. The first-order chi connectivity index (χ1) is 10.5. The lowest BCUT2D eigenvalue weighted by Crippen LogP contribution is -2.14. The highest BCUT2D eigenvalue weighted by atomic mass is 127. The van der Waals surface area contributed by atoms with E-state index in [1.165, 1.54) is 18.2 Å². The van der Waals surface area contributed by atoms with E-state index >= 15 is 0 Å². The average molecular weight is 427 g/mol. The normalized spacial score (nSPS) is 11.5. The summed E-state index contributed by atoms with van der Waals surface area (Å²) < 4.78 is 42.0. The number of sulfonamides is 1. The highest BCUT2D eigenvalue weighted by Crippen LogP contribution is 2.26. The van der Waals surface area contributed by atoms with Crippen molar-refractivity contribution in [3.8, 4) is 0 Å². The summed E-state index contributed by atoms with van der Waals surface area (Å²) in [6, 6.07) is 16.5. The molecule has 3 aromatic carbocycles. The molecule has 0 aliphatic carbocycles. The Morgan fingerprint density at radius 3 is 2.45 bits per heavy atom. The lowest BCUT2D eigenvalue weighted by molar-refractivity contribution is 0.599. The van der Waals surface area contributed by atoms with E-state index in [0.717, 1.165) is 5.39 Å². The van der Waals surface area contributed by atoms with Crippen molar-refractivity contribution in [2.45, 2.75) is 4.90 Å². The van der Waals surface area contributed by atoms with Crippen molar-refractivity contribution in [1.29, 1.82) is 0 Å². The van der Waals surface area contributed by atoms with Crippen LogP contribution in [0.1, 0.15) is 0 Å². The van der Waals surface area contributed by atoms with Gasteiger partial charge in [0, 0.05) is 8.96 Å². The Morgan fingerprint density at radius 1 is 0.955 bits per heavy atom. The van der Waals surface area contributed by atoms with Gasteiger partial charge >= 0.3 is 0 Å². The van der Waals surface area contributed by atoms with Crippen molar-refractivity contribution >= 4 is 49.1 Å². The van der Waals surface area contributed by atoms with Crippen LogP contribution >= 0.6 is 22.6 Å². The Kier molecular flexibility index (Phi) is 4.05. The summed E-state index contributed by atoms with van der Waals surface area (Å²) in [6.45, 7) is 0. The van der Waals surface area contributed by atoms with Crippen molar-refractivity contribution in [2.24, 2.45) is 0 Å². The highest BCUT2D eigenvalue weighted by molar-refractivity contribution is 14.1. The minimum atomic E-state index is -3.87. The monoisotopic (exact) mass is 427 g/mol. The fraction of sp³-hybridized carbons (Fsp3) is 0. The van der Waals surface area contributed by atoms with Gasteiger partial charge in [0.25, 0.3) is 10.0 Å². The van der Waals surface area contributed by atoms with Crippen LogP contribution in [0.3, 0.4) is 0 Å². The maximum Gasteiger partial charge on any atom is 0.262 e. The minimum Gasteiger partial charge on any atom is -0.277 e. The second kappa shape index (κ2) is 5.85. The molecule has 0 aromatic heterocycles. The molecule has 112 valence electrons. The minimum absolute atomic E-state index is 0.0617. The fourth-order valence-corrected chi connectivity index (χ4v) is 3.95. The van der Waals surface area contributed by atoms with Crippen LogP contribution in [0.25, 0.3) is 10.8 Å². The molecule has 3 nitrogen and oxygen atoms in total. The van der Waals surface area contributed by atoms with Crippen LogP contribution in [0.2, 0.25) is 0 Å². The third-order valence-corrected chi connectivity index (χ3v) is 5.31. The van der Waals surface area contributed by atoms with Crippen molar-refractivity contribution in [3.05, 3.63) is 70.1 Å². The van der Waals surface area contributed by atoms with E-state index < -0.39 is 15.8 Å². The molecule has 0 heterocycles. The number of hydrogen-bond donors (Lipinski definition) is 1. The lowest BCUT2D eigenvalue weighted by Gasteiger charge is -2.11. The van der Waals surface area contributed by atoms with Crippen LogP contribution in [0.4, 0.5) is 10.1 Å². The lowest BCUT2D eigenvalue weighted by atomic mass is 10.1. The average Bonchev–Trinajstić information content (AvgIpc) is 2.49. The van der Waals surface area contributed by atoms with E-state index in [9.17, 15) is 12.8 Å². The second-order valence-electron chi connectivity index (χ2n) is 4.71. The third-order valence-electron chi connectivity index (χ3n) is 3.21. The maximum atomic E-state index is 13.9. The Hall–Kier alpha value is -1.67. The predicted molar refractivity (Wildman–Crippen MR) is 93.9 cm³/mol. The second-order valence-corrected chi connectivity index (χ2v) is 7.60. The van der Waals surface area contributed by atoms with E-state index in [4.69, 9.17) is 0 Å². The van der Waals surface area contributed by atoms with Gasteiger partial charge in [-0.1, -0.05) is 36.4 Å². The van der Waals surface area contributed by atoms with E-state index in [-0.39, 0.29) is 10.6 Å². The first-order valence-electron chi connectivity index (χ1n) is 6.43. The van der Waals surface area contributed by atoms with Gasteiger partial charge < -0.3 is 0 Å². The largest absolute Gasteiger partial charge is 0.277 e. The molecule has 0 atom stereocenters. The number of halogens is 2. The summed E-state index contributed by atoms with van der Waals surface area (Å²) in [5, 5.41) is 1.41. The third kappa shape index (κ3) is 2.93. The van der Waals surface area contributed by atoms with Crippen molar-refractivity contribution in [1.82, 2.24) is 0 Å². The van der Waals surface area contributed by atoms with E-state index in [2.05, 4.69) is 4.72 Å². The fourth-order valence-electron chi connectivity index (χ4n) is 2.20. The molecule has 0 spiro atoms. The summed E-state index contributed by atoms with van der Waals surface area (Å²) >= 11 is 1.97. The van der Waals surface area contributed by atoms with Crippen LogP contribution in [0.15, 0.2) is 65.6 Å². The van der Waals surface area contributed by atoms with E-state index in [0.29, 0.717) is 8.96 Å². The molecule has 0 saturated carbocycles. The summed E-state index contributed by atoms with van der Waals surface area (Å²) in [6.07, 6.45) is 0. The van der Waals surface area contributed by atoms with Gasteiger partial charge in [0.05, 0.1) is 10.6 Å². The van der Waals surface area contributed by atoms with E-state index in [1.54, 1.807) is 24.3 Å². The molecule has 0 aliphatic heterocycles. The molecule has 0 radical (unpaired) electrons. The number of benzene rings is 3. The number of nitrogens with one attached hydrogen (secondary N) is 1. The van der Waals surface area contributed by atoms with Gasteiger partial charge in [0.1, 0.15) is 5.82 Å². The SMILES string of the molecule is O=S(=O)(Nc1ccc(I)cc1F)c1cccc2ccccc12. The van der Waals surface area contributed by atoms with Gasteiger partial charge in [0.2, 0.25) is 0 Å². The summed E-state index contributed by atoms with van der Waals surface area (Å²) in [7, 11) is -3.87. The van der Waals surface area contributed by atoms with Gasteiger partial charge in [-0.2, -0.15) is 0 Å². The molecule has 3 rings (SSSR count). The van der Waals surface area contributed by atoms with Gasteiger partial charge in [-0.15, -0.1) is 0 Å². The number of hydrogen-bond acceptors (Lipinski definition) is 2. The molecule has 0 fully saturated rings. The Morgan fingerprint density at radius 2 is 1.68 bits per heavy atom. The van der Waals surface area contributed by atoms with Gasteiger partial charge in [0.15, 0.2) is 0 Å². The molecular formula is C16H11FINO2S. The highest BCUT2D eigenvalue weighted by Gasteiger charge is 2.18. The zero-order valence-corrected chi connectivity index (χ0v) is 14.2.